The van der Waals surface area contributed by atoms with Gasteiger partial charge in [0, 0.05) is 17.1 Å². The van der Waals surface area contributed by atoms with Crippen molar-refractivity contribution >= 4 is 45.7 Å². The molecule has 28 heavy (non-hydrogen) atoms. The van der Waals surface area contributed by atoms with Crippen molar-refractivity contribution in [1.29, 1.82) is 0 Å². The maximum Gasteiger partial charge on any atom is 0.165 e. The largest absolute Gasteiger partial charge is 0.396 e. The second kappa shape index (κ2) is 8.14. The first kappa shape index (κ1) is 18.7. The number of nitrogens with zero attached hydrogens (tertiary/aromatic N) is 4. The highest BCUT2D eigenvalue weighted by Gasteiger charge is 2.18. The molecule has 8 heteroatoms. The maximum atomic E-state index is 9.24. The zero-order valence-corrected chi connectivity index (χ0v) is 16.3. The molecular formula is C20H17Cl2N5O. The summed E-state index contributed by atoms with van der Waals surface area (Å²) in [5.74, 6) is 1.03. The van der Waals surface area contributed by atoms with Crippen LogP contribution >= 0.6 is 23.2 Å². The number of hydrogen-bond donors (Lipinski definition) is 2. The summed E-state index contributed by atoms with van der Waals surface area (Å²) in [5, 5.41) is 18.7. The molecule has 2 aromatic carbocycles. The van der Waals surface area contributed by atoms with E-state index in [4.69, 9.17) is 23.2 Å². The van der Waals surface area contributed by atoms with E-state index in [2.05, 4.69) is 20.4 Å². The fourth-order valence-corrected chi connectivity index (χ4v) is 3.40. The summed E-state index contributed by atoms with van der Waals surface area (Å²) in [6.07, 6.45) is 0.323. The average molecular weight is 414 g/mol. The third kappa shape index (κ3) is 3.94. The topological polar surface area (TPSA) is 75.9 Å². The number of aliphatic hydroxyl groups is 1. The van der Waals surface area contributed by atoms with Crippen molar-refractivity contribution in [3.8, 4) is 0 Å². The van der Waals surface area contributed by atoms with Gasteiger partial charge in [-0.3, -0.25) is 0 Å². The van der Waals surface area contributed by atoms with E-state index in [0.29, 0.717) is 40.7 Å². The highest BCUT2D eigenvalue weighted by Crippen LogP contribution is 2.31. The Labute approximate surface area is 171 Å². The monoisotopic (exact) mass is 413 g/mol. The first-order chi connectivity index (χ1) is 13.6. The molecule has 4 aromatic rings. The van der Waals surface area contributed by atoms with Crippen LogP contribution in [0.3, 0.4) is 0 Å². The zero-order chi connectivity index (χ0) is 19.5. The predicted molar refractivity (Wildman–Crippen MR) is 111 cm³/mol. The van der Waals surface area contributed by atoms with Crippen LogP contribution in [-0.4, -0.2) is 31.5 Å². The van der Waals surface area contributed by atoms with Crippen molar-refractivity contribution in [2.24, 2.45) is 0 Å². The van der Waals surface area contributed by atoms with Crippen molar-refractivity contribution in [2.45, 2.75) is 13.0 Å². The molecule has 0 unspecified atom stereocenters. The van der Waals surface area contributed by atoms with Crippen LogP contribution in [0, 0.1) is 0 Å². The normalized spacial score (nSPS) is 11.1. The number of nitrogens with one attached hydrogen (secondary N) is 1. The SMILES string of the molecule is OCCc1nc(Cl)c2c(Nc3cccc(Cl)c3)nn(Cc3ccccc3)c2n1. The number of rotatable bonds is 6. The van der Waals surface area contributed by atoms with E-state index >= 15 is 0 Å². The first-order valence-corrected chi connectivity index (χ1v) is 9.50. The second-order valence-electron chi connectivity index (χ2n) is 6.23. The molecule has 2 heterocycles. The molecule has 0 spiro atoms. The van der Waals surface area contributed by atoms with E-state index in [1.807, 2.05) is 42.5 Å². The molecule has 0 bridgehead atoms. The molecule has 0 aliphatic rings. The summed E-state index contributed by atoms with van der Waals surface area (Å²) < 4.78 is 1.78. The Morgan fingerprint density at radius 1 is 1.00 bits per heavy atom. The van der Waals surface area contributed by atoms with Crippen LogP contribution in [-0.2, 0) is 13.0 Å². The van der Waals surface area contributed by atoms with Gasteiger partial charge in [0.15, 0.2) is 11.5 Å². The van der Waals surface area contributed by atoms with Crippen LogP contribution in [0.1, 0.15) is 11.4 Å². The van der Waals surface area contributed by atoms with E-state index in [9.17, 15) is 5.11 Å². The van der Waals surface area contributed by atoms with Crippen molar-refractivity contribution in [1.82, 2.24) is 19.7 Å². The van der Waals surface area contributed by atoms with Crippen LogP contribution in [0.5, 0.6) is 0 Å². The van der Waals surface area contributed by atoms with Gasteiger partial charge in [-0.25, -0.2) is 14.6 Å². The van der Waals surface area contributed by atoms with Gasteiger partial charge in [0.25, 0.3) is 0 Å². The summed E-state index contributed by atoms with van der Waals surface area (Å²) in [4.78, 5) is 8.89. The van der Waals surface area contributed by atoms with Crippen LogP contribution in [0.4, 0.5) is 11.5 Å². The molecule has 0 radical (unpaired) electrons. The van der Waals surface area contributed by atoms with E-state index < -0.39 is 0 Å². The van der Waals surface area contributed by atoms with Gasteiger partial charge in [0.05, 0.1) is 13.2 Å². The van der Waals surface area contributed by atoms with Gasteiger partial charge in [0.1, 0.15) is 16.4 Å². The highest BCUT2D eigenvalue weighted by molar-refractivity contribution is 6.35. The Morgan fingerprint density at radius 3 is 2.57 bits per heavy atom. The Morgan fingerprint density at radius 2 is 1.82 bits per heavy atom. The van der Waals surface area contributed by atoms with E-state index in [0.717, 1.165) is 11.3 Å². The molecule has 2 aromatic heterocycles. The van der Waals surface area contributed by atoms with Gasteiger partial charge in [-0.15, -0.1) is 0 Å². The lowest BCUT2D eigenvalue weighted by atomic mass is 10.2. The van der Waals surface area contributed by atoms with Crippen molar-refractivity contribution in [2.75, 3.05) is 11.9 Å². The average Bonchev–Trinajstić information content (AvgIpc) is 3.00. The maximum absolute atomic E-state index is 9.24. The number of aliphatic hydroxyl groups excluding tert-OH is 1. The molecule has 4 rings (SSSR count). The number of aromatic nitrogens is 4. The van der Waals surface area contributed by atoms with Crippen molar-refractivity contribution < 1.29 is 5.11 Å². The molecule has 0 saturated carbocycles. The van der Waals surface area contributed by atoms with Crippen LogP contribution < -0.4 is 5.32 Å². The fraction of sp³-hybridized carbons (Fsp3) is 0.150. The molecule has 0 atom stereocenters. The summed E-state index contributed by atoms with van der Waals surface area (Å²) in [7, 11) is 0. The molecule has 6 nitrogen and oxygen atoms in total. The minimum atomic E-state index is -0.0533. The van der Waals surface area contributed by atoms with Gasteiger partial charge in [0.2, 0.25) is 0 Å². The molecule has 0 aliphatic carbocycles. The number of fused-ring (bicyclic) bond motifs is 1. The van der Waals surface area contributed by atoms with E-state index in [1.165, 1.54) is 0 Å². The number of halogens is 2. The smallest absolute Gasteiger partial charge is 0.165 e. The minimum absolute atomic E-state index is 0.0533. The Balaban J connectivity index is 1.82. The molecular weight excluding hydrogens is 397 g/mol. The summed E-state index contributed by atoms with van der Waals surface area (Å²) in [6, 6.07) is 17.3. The fourth-order valence-electron chi connectivity index (χ4n) is 2.94. The quantitative estimate of drug-likeness (QED) is 0.456. The first-order valence-electron chi connectivity index (χ1n) is 8.74. The highest BCUT2D eigenvalue weighted by atomic mass is 35.5. The van der Waals surface area contributed by atoms with Crippen molar-refractivity contribution in [3.63, 3.8) is 0 Å². The molecule has 0 fully saturated rings. The van der Waals surface area contributed by atoms with Crippen molar-refractivity contribution in [3.05, 3.63) is 76.2 Å². The molecule has 0 saturated heterocycles. The second-order valence-corrected chi connectivity index (χ2v) is 7.02. The lowest BCUT2D eigenvalue weighted by molar-refractivity contribution is 0.296. The van der Waals surface area contributed by atoms with Gasteiger partial charge in [-0.05, 0) is 23.8 Å². The molecule has 0 aliphatic heterocycles. The van der Waals surface area contributed by atoms with E-state index in [-0.39, 0.29) is 11.8 Å². The Hall–Kier alpha value is -2.67. The summed E-state index contributed by atoms with van der Waals surface area (Å²) in [6.45, 7) is 0.475. The summed E-state index contributed by atoms with van der Waals surface area (Å²) in [5.41, 5.74) is 2.48. The van der Waals surface area contributed by atoms with Gasteiger partial charge < -0.3 is 10.4 Å². The Kier molecular flexibility index (Phi) is 5.43. The summed E-state index contributed by atoms with van der Waals surface area (Å²) >= 11 is 12.6. The molecule has 142 valence electrons. The van der Waals surface area contributed by atoms with Crippen LogP contribution in [0.25, 0.3) is 11.0 Å². The van der Waals surface area contributed by atoms with E-state index in [1.54, 1.807) is 16.8 Å². The lowest BCUT2D eigenvalue weighted by Crippen LogP contribution is -2.05. The molecule has 0 amide bonds. The molecule has 2 N–H and O–H groups in total. The third-order valence-corrected chi connectivity index (χ3v) is 4.70. The Bertz CT molecular complexity index is 1110. The number of hydrogen-bond acceptors (Lipinski definition) is 5. The van der Waals surface area contributed by atoms with Gasteiger partial charge in [-0.1, -0.05) is 59.6 Å². The van der Waals surface area contributed by atoms with Crippen LogP contribution in [0.2, 0.25) is 10.2 Å². The number of anilines is 2. The minimum Gasteiger partial charge on any atom is -0.396 e. The predicted octanol–water partition coefficient (Wildman–Crippen LogP) is 4.46. The number of benzene rings is 2. The van der Waals surface area contributed by atoms with Gasteiger partial charge >= 0.3 is 0 Å². The lowest BCUT2D eigenvalue weighted by Gasteiger charge is -2.05. The van der Waals surface area contributed by atoms with Gasteiger partial charge in [-0.2, -0.15) is 5.10 Å². The third-order valence-electron chi connectivity index (χ3n) is 4.19. The van der Waals surface area contributed by atoms with Crippen LogP contribution in [0.15, 0.2) is 54.6 Å². The zero-order valence-electron chi connectivity index (χ0n) is 14.8. The standard InChI is InChI=1S/C20H17Cl2N5O/c21-14-7-4-8-15(11-14)23-19-17-18(22)24-16(9-10-28)25-20(17)27(26-19)12-13-5-2-1-3-6-13/h1-8,11,28H,9-10,12H2,(H,23,26).